The Morgan fingerprint density at radius 1 is 1.50 bits per heavy atom. The zero-order valence-corrected chi connectivity index (χ0v) is 10.4. The van der Waals surface area contributed by atoms with E-state index >= 15 is 0 Å². The normalized spacial score (nSPS) is 15.3. The van der Waals surface area contributed by atoms with Crippen molar-refractivity contribution in [3.8, 4) is 0 Å². The predicted molar refractivity (Wildman–Crippen MR) is 63.4 cm³/mol. The van der Waals surface area contributed by atoms with Crippen molar-refractivity contribution in [2.45, 2.75) is 39.3 Å². The summed E-state index contributed by atoms with van der Waals surface area (Å²) in [7, 11) is 0. The molecule has 0 aromatic carbocycles. The van der Waals surface area contributed by atoms with Crippen molar-refractivity contribution in [2.24, 2.45) is 11.7 Å². The Bertz CT molecular complexity index is 174. The summed E-state index contributed by atoms with van der Waals surface area (Å²) in [5.41, 5.74) is 5.74. The number of hydrogen-bond donors (Lipinski definition) is 2. The highest BCUT2D eigenvalue weighted by Crippen LogP contribution is 2.03. The van der Waals surface area contributed by atoms with E-state index in [1.165, 1.54) is 0 Å². The molecule has 4 heteroatoms. The van der Waals surface area contributed by atoms with Crippen molar-refractivity contribution in [2.75, 3.05) is 12.0 Å². The largest absolute Gasteiger partial charge is 0.351 e. The fourth-order valence-corrected chi connectivity index (χ4v) is 1.78. The summed E-state index contributed by atoms with van der Waals surface area (Å²) >= 11 is 1.74. The lowest BCUT2D eigenvalue weighted by molar-refractivity contribution is -0.123. The van der Waals surface area contributed by atoms with Crippen LogP contribution in [0.4, 0.5) is 0 Å². The highest BCUT2D eigenvalue weighted by molar-refractivity contribution is 7.98. The maximum Gasteiger partial charge on any atom is 0.237 e. The molecule has 0 saturated heterocycles. The van der Waals surface area contributed by atoms with Gasteiger partial charge in [0, 0.05) is 11.8 Å². The average molecular weight is 218 g/mol. The third-order valence-corrected chi connectivity index (χ3v) is 2.96. The van der Waals surface area contributed by atoms with Gasteiger partial charge in [-0.3, -0.25) is 4.79 Å². The minimum atomic E-state index is -0.383. The van der Waals surface area contributed by atoms with E-state index < -0.39 is 0 Å². The Labute approximate surface area is 91.2 Å². The van der Waals surface area contributed by atoms with E-state index in [1.807, 2.05) is 20.1 Å². The number of nitrogens with one attached hydrogen (secondary N) is 1. The number of amides is 1. The Kier molecular flexibility index (Phi) is 7.01. The molecule has 0 fully saturated rings. The molecule has 0 aromatic rings. The molecule has 2 atom stereocenters. The first-order valence-corrected chi connectivity index (χ1v) is 6.47. The van der Waals surface area contributed by atoms with Crippen LogP contribution in [0.2, 0.25) is 0 Å². The number of nitrogens with two attached hydrogens (primary N) is 1. The Balaban J connectivity index is 4.01. The van der Waals surface area contributed by atoms with Crippen molar-refractivity contribution in [3.05, 3.63) is 0 Å². The number of hydrogen-bond acceptors (Lipinski definition) is 3. The molecular weight excluding hydrogens is 196 g/mol. The van der Waals surface area contributed by atoms with Crippen LogP contribution in [0.1, 0.15) is 27.2 Å². The lowest BCUT2D eigenvalue weighted by Crippen LogP contribution is -2.48. The molecule has 14 heavy (non-hydrogen) atoms. The molecule has 0 bridgehead atoms. The molecule has 0 radical (unpaired) electrons. The zero-order chi connectivity index (χ0) is 11.1. The zero-order valence-electron chi connectivity index (χ0n) is 9.54. The molecule has 1 amide bonds. The molecule has 2 unspecified atom stereocenters. The summed E-state index contributed by atoms with van der Waals surface area (Å²) in [6.45, 7) is 5.99. The number of thioether (sulfide) groups is 1. The fraction of sp³-hybridized carbons (Fsp3) is 0.900. The first-order chi connectivity index (χ1) is 6.52. The maximum atomic E-state index is 11.6. The quantitative estimate of drug-likeness (QED) is 0.705. The van der Waals surface area contributed by atoms with E-state index in [9.17, 15) is 4.79 Å². The highest BCUT2D eigenvalue weighted by atomic mass is 32.2. The van der Waals surface area contributed by atoms with Crippen molar-refractivity contribution >= 4 is 17.7 Å². The second-order valence-electron chi connectivity index (χ2n) is 3.84. The number of carbonyl (C=O) groups is 1. The van der Waals surface area contributed by atoms with Gasteiger partial charge in [0.25, 0.3) is 0 Å². The predicted octanol–water partition coefficient (Wildman–Crippen LogP) is 1.23. The Morgan fingerprint density at radius 2 is 2.07 bits per heavy atom. The second-order valence-corrected chi connectivity index (χ2v) is 4.75. The smallest absolute Gasteiger partial charge is 0.237 e. The SMILES string of the molecule is CCC(CSC)NC(=O)C(N)C(C)C. The van der Waals surface area contributed by atoms with Gasteiger partial charge < -0.3 is 11.1 Å². The second kappa shape index (κ2) is 7.12. The van der Waals surface area contributed by atoms with Gasteiger partial charge in [-0.2, -0.15) is 11.8 Å². The van der Waals surface area contributed by atoms with E-state index in [-0.39, 0.29) is 23.9 Å². The fourth-order valence-electron chi connectivity index (χ4n) is 1.06. The molecule has 0 spiro atoms. The van der Waals surface area contributed by atoms with E-state index in [1.54, 1.807) is 11.8 Å². The lowest BCUT2D eigenvalue weighted by Gasteiger charge is -2.20. The van der Waals surface area contributed by atoms with Gasteiger partial charge in [0.1, 0.15) is 0 Å². The van der Waals surface area contributed by atoms with E-state index in [2.05, 4.69) is 12.2 Å². The topological polar surface area (TPSA) is 55.1 Å². The third kappa shape index (κ3) is 4.86. The summed E-state index contributed by atoms with van der Waals surface area (Å²) in [6, 6.07) is -0.131. The van der Waals surface area contributed by atoms with Crippen LogP contribution in [0.3, 0.4) is 0 Å². The van der Waals surface area contributed by atoms with Gasteiger partial charge in [0.05, 0.1) is 6.04 Å². The molecule has 0 aliphatic carbocycles. The molecule has 0 aliphatic heterocycles. The minimum absolute atomic E-state index is 0.0269. The highest BCUT2D eigenvalue weighted by Gasteiger charge is 2.19. The molecule has 0 heterocycles. The van der Waals surface area contributed by atoms with Crippen LogP contribution in [-0.4, -0.2) is 30.0 Å². The van der Waals surface area contributed by atoms with Crippen molar-refractivity contribution < 1.29 is 4.79 Å². The van der Waals surface area contributed by atoms with Crippen LogP contribution in [0.5, 0.6) is 0 Å². The van der Waals surface area contributed by atoms with Gasteiger partial charge in [0.2, 0.25) is 5.91 Å². The molecule has 3 nitrogen and oxygen atoms in total. The number of rotatable bonds is 6. The number of carbonyl (C=O) groups excluding carboxylic acids is 1. The van der Waals surface area contributed by atoms with Crippen molar-refractivity contribution in [3.63, 3.8) is 0 Å². The van der Waals surface area contributed by atoms with E-state index in [0.717, 1.165) is 12.2 Å². The van der Waals surface area contributed by atoms with Gasteiger partial charge in [0.15, 0.2) is 0 Å². The lowest BCUT2D eigenvalue weighted by atomic mass is 10.0. The van der Waals surface area contributed by atoms with Crippen molar-refractivity contribution in [1.29, 1.82) is 0 Å². The average Bonchev–Trinajstić information content (AvgIpc) is 2.15. The molecule has 0 rings (SSSR count). The van der Waals surface area contributed by atoms with Crippen molar-refractivity contribution in [1.82, 2.24) is 5.32 Å². The first kappa shape index (κ1) is 13.8. The van der Waals surface area contributed by atoms with Gasteiger partial charge in [-0.05, 0) is 18.6 Å². The first-order valence-electron chi connectivity index (χ1n) is 5.07. The van der Waals surface area contributed by atoms with Crippen LogP contribution >= 0.6 is 11.8 Å². The van der Waals surface area contributed by atoms with Gasteiger partial charge in [-0.1, -0.05) is 20.8 Å². The summed E-state index contributed by atoms with van der Waals surface area (Å²) < 4.78 is 0. The monoisotopic (exact) mass is 218 g/mol. The maximum absolute atomic E-state index is 11.6. The van der Waals surface area contributed by atoms with Crippen LogP contribution in [-0.2, 0) is 4.79 Å². The third-order valence-electron chi connectivity index (χ3n) is 2.23. The molecule has 0 aromatic heterocycles. The van der Waals surface area contributed by atoms with Crippen LogP contribution < -0.4 is 11.1 Å². The molecule has 0 aliphatic rings. The van der Waals surface area contributed by atoms with Gasteiger partial charge >= 0.3 is 0 Å². The molecular formula is C10H22N2OS. The Hall–Kier alpha value is -0.220. The summed E-state index contributed by atoms with van der Waals surface area (Å²) in [5.74, 6) is 1.12. The standard InChI is InChI=1S/C10H22N2OS/c1-5-8(6-14-4)12-10(13)9(11)7(2)3/h7-9H,5-6,11H2,1-4H3,(H,12,13). The van der Waals surface area contributed by atoms with E-state index in [4.69, 9.17) is 5.73 Å². The van der Waals surface area contributed by atoms with Gasteiger partial charge in [-0.25, -0.2) is 0 Å². The summed E-state index contributed by atoms with van der Waals surface area (Å²) in [6.07, 6.45) is 2.99. The van der Waals surface area contributed by atoms with Gasteiger partial charge in [-0.15, -0.1) is 0 Å². The molecule has 3 N–H and O–H groups in total. The molecule has 84 valence electrons. The minimum Gasteiger partial charge on any atom is -0.351 e. The molecule has 0 saturated carbocycles. The summed E-state index contributed by atoms with van der Waals surface area (Å²) in [4.78, 5) is 11.6. The van der Waals surface area contributed by atoms with Crippen LogP contribution in [0, 0.1) is 5.92 Å². The van der Waals surface area contributed by atoms with E-state index in [0.29, 0.717) is 0 Å². The van der Waals surface area contributed by atoms with Crippen LogP contribution in [0.15, 0.2) is 0 Å². The Morgan fingerprint density at radius 3 is 2.43 bits per heavy atom. The summed E-state index contributed by atoms with van der Waals surface area (Å²) in [5, 5.41) is 2.96. The van der Waals surface area contributed by atoms with Crippen LogP contribution in [0.25, 0.3) is 0 Å².